The molecule has 0 aliphatic heterocycles. The minimum absolute atomic E-state index is 0.0795. The normalized spacial score (nSPS) is 11.3. The second-order valence-electron chi connectivity index (χ2n) is 7.02. The highest BCUT2D eigenvalue weighted by Gasteiger charge is 2.22. The van der Waals surface area contributed by atoms with Gasteiger partial charge in [0.2, 0.25) is 10.0 Å². The molecule has 0 fully saturated rings. The summed E-state index contributed by atoms with van der Waals surface area (Å²) in [6.45, 7) is 0. The number of anilines is 2. The number of para-hydroxylation sites is 3. The van der Waals surface area contributed by atoms with E-state index in [9.17, 15) is 8.42 Å². The summed E-state index contributed by atoms with van der Waals surface area (Å²) in [5.74, 6) is 1.63. The third-order valence-electron chi connectivity index (χ3n) is 4.93. The maximum atomic E-state index is 12.1. The van der Waals surface area contributed by atoms with Crippen LogP contribution in [0.2, 0.25) is 0 Å². The van der Waals surface area contributed by atoms with Crippen molar-refractivity contribution in [3.63, 3.8) is 0 Å². The summed E-state index contributed by atoms with van der Waals surface area (Å²) in [6, 6.07) is 17.3. The fourth-order valence-electron chi connectivity index (χ4n) is 3.43. The molecule has 0 atom stereocenters. The summed E-state index contributed by atoms with van der Waals surface area (Å²) < 4.78 is 40.4. The molecule has 3 aromatic carbocycles. The van der Waals surface area contributed by atoms with Gasteiger partial charge in [-0.25, -0.2) is 23.5 Å². The first-order chi connectivity index (χ1) is 15.8. The van der Waals surface area contributed by atoms with Crippen LogP contribution >= 0.6 is 0 Å². The monoisotopic (exact) mass is 466 g/mol. The van der Waals surface area contributed by atoms with Crippen LogP contribution in [-0.2, 0) is 10.0 Å². The van der Waals surface area contributed by atoms with Crippen LogP contribution in [0.1, 0.15) is 0 Å². The number of benzene rings is 3. The van der Waals surface area contributed by atoms with Crippen molar-refractivity contribution in [2.75, 3.05) is 26.6 Å². The highest BCUT2D eigenvalue weighted by molar-refractivity contribution is 7.89. The van der Waals surface area contributed by atoms with Gasteiger partial charge >= 0.3 is 0 Å². The van der Waals surface area contributed by atoms with Crippen LogP contribution in [0, 0.1) is 0 Å². The lowest BCUT2D eigenvalue weighted by molar-refractivity contribution is 0.395. The van der Waals surface area contributed by atoms with Crippen LogP contribution in [0.4, 0.5) is 11.5 Å². The predicted molar refractivity (Wildman–Crippen MR) is 126 cm³/mol. The molecule has 3 N–H and O–H groups in total. The molecule has 1 heterocycles. The van der Waals surface area contributed by atoms with Crippen LogP contribution in [0.25, 0.3) is 22.3 Å². The van der Waals surface area contributed by atoms with Crippen LogP contribution in [-0.4, -0.2) is 39.7 Å². The van der Waals surface area contributed by atoms with Crippen molar-refractivity contribution in [1.82, 2.24) is 9.97 Å². The summed E-state index contributed by atoms with van der Waals surface area (Å²) in [4.78, 5) is 9.34. The molecule has 10 heteroatoms. The zero-order valence-corrected chi connectivity index (χ0v) is 19.0. The fourth-order valence-corrected chi connectivity index (χ4v) is 4.15. The second kappa shape index (κ2) is 8.93. The Morgan fingerprint density at radius 1 is 0.818 bits per heavy atom. The summed E-state index contributed by atoms with van der Waals surface area (Å²) >= 11 is 0. The van der Waals surface area contributed by atoms with E-state index in [1.54, 1.807) is 44.6 Å². The quantitative estimate of drug-likeness (QED) is 0.422. The number of nitrogens with two attached hydrogens (primary N) is 1. The van der Waals surface area contributed by atoms with Gasteiger partial charge in [0.05, 0.1) is 32.4 Å². The Morgan fingerprint density at radius 2 is 1.45 bits per heavy atom. The maximum Gasteiger partial charge on any atom is 0.241 e. The zero-order valence-electron chi connectivity index (χ0n) is 18.2. The van der Waals surface area contributed by atoms with E-state index in [0.717, 1.165) is 0 Å². The van der Waals surface area contributed by atoms with Gasteiger partial charge < -0.3 is 19.5 Å². The van der Waals surface area contributed by atoms with Gasteiger partial charge in [0.15, 0.2) is 5.82 Å². The van der Waals surface area contributed by atoms with E-state index in [-0.39, 0.29) is 10.6 Å². The van der Waals surface area contributed by atoms with Gasteiger partial charge in [-0.05, 0) is 24.3 Å². The number of ether oxygens (including phenoxy) is 3. The van der Waals surface area contributed by atoms with Crippen molar-refractivity contribution in [1.29, 1.82) is 0 Å². The minimum Gasteiger partial charge on any atom is -0.497 e. The molecule has 0 saturated heterocycles. The van der Waals surface area contributed by atoms with Crippen molar-refractivity contribution >= 4 is 32.6 Å². The van der Waals surface area contributed by atoms with Crippen molar-refractivity contribution < 1.29 is 22.6 Å². The molecule has 9 nitrogen and oxygen atoms in total. The lowest BCUT2D eigenvalue weighted by Crippen LogP contribution is -2.14. The average Bonchev–Trinajstić information content (AvgIpc) is 2.82. The van der Waals surface area contributed by atoms with Gasteiger partial charge in [-0.1, -0.05) is 18.2 Å². The number of nitrogens with zero attached hydrogens (tertiary/aromatic N) is 2. The topological polar surface area (TPSA) is 126 Å². The third kappa shape index (κ3) is 4.52. The largest absolute Gasteiger partial charge is 0.497 e. The molecular weight excluding hydrogens is 444 g/mol. The molecule has 170 valence electrons. The van der Waals surface area contributed by atoms with Gasteiger partial charge in [-0.15, -0.1) is 0 Å². The van der Waals surface area contributed by atoms with Crippen molar-refractivity contribution in [3.8, 4) is 28.5 Å². The second-order valence-corrected chi connectivity index (χ2v) is 8.55. The van der Waals surface area contributed by atoms with Crippen LogP contribution in [0.3, 0.4) is 0 Å². The summed E-state index contributed by atoms with van der Waals surface area (Å²) in [6.07, 6.45) is 0. The molecule has 4 rings (SSSR count). The number of hydrogen-bond donors (Lipinski definition) is 2. The number of methoxy groups -OCH3 is 3. The number of fused-ring (bicyclic) bond motifs is 1. The SMILES string of the molecule is COc1cc(Nc2nc3ccccc3nc2-c2cccc(S(N)(=O)=O)c2OC)cc(OC)c1. The Bertz CT molecular complexity index is 1420. The van der Waals surface area contributed by atoms with Crippen LogP contribution in [0.5, 0.6) is 17.2 Å². The summed E-state index contributed by atoms with van der Waals surface area (Å²) in [5, 5.41) is 8.66. The molecule has 0 aliphatic rings. The standard InChI is InChI=1S/C23H22N4O5S/c1-30-15-11-14(12-16(13-15)31-2)25-23-21(26-18-8-4-5-9-19(18)27-23)17-7-6-10-20(22(17)32-3)33(24,28)29/h4-13H,1-3H3,(H,25,27)(H2,24,28,29). The molecule has 0 saturated carbocycles. The molecule has 0 bridgehead atoms. The smallest absolute Gasteiger partial charge is 0.241 e. The molecule has 0 unspecified atom stereocenters. The number of hydrogen-bond acceptors (Lipinski definition) is 8. The van der Waals surface area contributed by atoms with Crippen LogP contribution in [0.15, 0.2) is 65.6 Å². The Morgan fingerprint density at radius 3 is 2.03 bits per heavy atom. The highest BCUT2D eigenvalue weighted by Crippen LogP contribution is 2.39. The minimum atomic E-state index is -4.03. The van der Waals surface area contributed by atoms with E-state index in [0.29, 0.717) is 45.3 Å². The molecule has 0 aliphatic carbocycles. The van der Waals surface area contributed by atoms with Gasteiger partial charge in [0, 0.05) is 29.4 Å². The highest BCUT2D eigenvalue weighted by atomic mass is 32.2. The molecule has 1 aromatic heterocycles. The first-order valence-electron chi connectivity index (χ1n) is 9.81. The van der Waals surface area contributed by atoms with Crippen LogP contribution < -0.4 is 24.7 Å². The van der Waals surface area contributed by atoms with E-state index in [1.165, 1.54) is 13.2 Å². The Hall–Kier alpha value is -3.89. The molecular formula is C23H22N4O5S. The van der Waals surface area contributed by atoms with Gasteiger partial charge in [0.25, 0.3) is 0 Å². The zero-order chi connectivity index (χ0) is 23.6. The van der Waals surface area contributed by atoms with Gasteiger partial charge in [0.1, 0.15) is 27.8 Å². The van der Waals surface area contributed by atoms with Crippen molar-refractivity contribution in [3.05, 3.63) is 60.7 Å². The molecule has 0 amide bonds. The number of rotatable bonds is 7. The first-order valence-corrected chi connectivity index (χ1v) is 11.4. The van der Waals surface area contributed by atoms with Crippen molar-refractivity contribution in [2.45, 2.75) is 4.90 Å². The van der Waals surface area contributed by atoms with Crippen molar-refractivity contribution in [2.24, 2.45) is 5.14 Å². The van der Waals surface area contributed by atoms with E-state index >= 15 is 0 Å². The molecule has 33 heavy (non-hydrogen) atoms. The molecule has 0 spiro atoms. The maximum absolute atomic E-state index is 12.1. The third-order valence-corrected chi connectivity index (χ3v) is 5.86. The van der Waals surface area contributed by atoms with Gasteiger partial charge in [-0.2, -0.15) is 0 Å². The first kappa shape index (κ1) is 22.3. The number of nitrogens with one attached hydrogen (secondary N) is 1. The Kier molecular flexibility index (Phi) is 6.03. The van der Waals surface area contributed by atoms with E-state index < -0.39 is 10.0 Å². The predicted octanol–water partition coefficient (Wildman–Crippen LogP) is 3.71. The Balaban J connectivity index is 1.96. The molecule has 0 radical (unpaired) electrons. The average molecular weight is 467 g/mol. The lowest BCUT2D eigenvalue weighted by Gasteiger charge is -2.16. The van der Waals surface area contributed by atoms with E-state index in [2.05, 4.69) is 5.32 Å². The Labute approximate surface area is 191 Å². The number of primary sulfonamides is 1. The summed E-state index contributed by atoms with van der Waals surface area (Å²) in [5.41, 5.74) is 2.72. The van der Waals surface area contributed by atoms with E-state index in [1.807, 2.05) is 24.3 Å². The fraction of sp³-hybridized carbons (Fsp3) is 0.130. The van der Waals surface area contributed by atoms with Gasteiger partial charge in [-0.3, -0.25) is 0 Å². The summed E-state index contributed by atoms with van der Waals surface area (Å²) in [7, 11) is 0.460. The van der Waals surface area contributed by atoms with E-state index in [4.69, 9.17) is 29.3 Å². The number of sulfonamides is 1. The lowest BCUT2D eigenvalue weighted by atomic mass is 10.1. The molecule has 4 aromatic rings. The number of aromatic nitrogens is 2.